The highest BCUT2D eigenvalue weighted by Crippen LogP contribution is 2.09. The summed E-state index contributed by atoms with van der Waals surface area (Å²) in [6, 6.07) is 12.7. The third kappa shape index (κ3) is 3.14. The van der Waals surface area contributed by atoms with E-state index in [4.69, 9.17) is 5.73 Å². The Labute approximate surface area is 100 Å². The average molecular weight is 226 g/mol. The van der Waals surface area contributed by atoms with Gasteiger partial charge in [0.15, 0.2) is 5.78 Å². The average Bonchev–Trinajstić information content (AvgIpc) is 2.38. The number of Topliss-reactive ketones (excluding diaryl/α,β-unsaturated/α-hetero) is 1. The number of benzene rings is 1. The molecule has 0 atom stereocenters. The van der Waals surface area contributed by atoms with Crippen molar-refractivity contribution in [3.05, 3.63) is 59.9 Å². The summed E-state index contributed by atoms with van der Waals surface area (Å²) in [6.45, 7) is 0. The Morgan fingerprint density at radius 1 is 1.12 bits per heavy atom. The lowest BCUT2D eigenvalue weighted by atomic mass is 10.1. The van der Waals surface area contributed by atoms with Crippen LogP contribution >= 0.6 is 0 Å². The van der Waals surface area contributed by atoms with Crippen LogP contribution in [0.15, 0.2) is 48.7 Å². The molecule has 0 spiro atoms. The van der Waals surface area contributed by atoms with E-state index in [9.17, 15) is 4.79 Å². The van der Waals surface area contributed by atoms with Gasteiger partial charge in [-0.15, -0.1) is 0 Å². The second kappa shape index (κ2) is 5.25. The summed E-state index contributed by atoms with van der Waals surface area (Å²) >= 11 is 0. The highest BCUT2D eigenvalue weighted by Gasteiger charge is 2.05. The van der Waals surface area contributed by atoms with Crippen molar-refractivity contribution < 1.29 is 4.79 Å². The minimum Gasteiger partial charge on any atom is -0.399 e. The molecule has 0 unspecified atom stereocenters. The third-order valence-electron chi connectivity index (χ3n) is 2.57. The van der Waals surface area contributed by atoms with E-state index in [0.717, 1.165) is 5.69 Å². The number of carbonyl (C=O) groups excluding carboxylic acids is 1. The van der Waals surface area contributed by atoms with Crippen molar-refractivity contribution in [2.45, 2.75) is 12.8 Å². The lowest BCUT2D eigenvalue weighted by molar-refractivity contribution is 0.0982. The number of carbonyl (C=O) groups is 1. The van der Waals surface area contributed by atoms with Crippen LogP contribution in [0.2, 0.25) is 0 Å². The fraction of sp³-hybridized carbons (Fsp3) is 0.143. The molecule has 3 nitrogen and oxygen atoms in total. The van der Waals surface area contributed by atoms with Gasteiger partial charge in [-0.3, -0.25) is 9.78 Å². The zero-order chi connectivity index (χ0) is 12.1. The van der Waals surface area contributed by atoms with Gasteiger partial charge in [-0.2, -0.15) is 0 Å². The molecule has 0 aliphatic carbocycles. The molecule has 0 amide bonds. The van der Waals surface area contributed by atoms with Gasteiger partial charge >= 0.3 is 0 Å². The van der Waals surface area contributed by atoms with Gasteiger partial charge in [-0.05, 0) is 42.8 Å². The van der Waals surface area contributed by atoms with Crippen LogP contribution in [0.5, 0.6) is 0 Å². The second-order valence-corrected chi connectivity index (χ2v) is 3.87. The minimum atomic E-state index is 0.121. The van der Waals surface area contributed by atoms with E-state index in [1.807, 2.05) is 18.2 Å². The molecule has 0 fully saturated rings. The number of hydrogen-bond acceptors (Lipinski definition) is 3. The normalized spacial score (nSPS) is 10.1. The van der Waals surface area contributed by atoms with Crippen molar-refractivity contribution in [1.82, 2.24) is 4.98 Å². The number of anilines is 1. The Morgan fingerprint density at radius 3 is 2.53 bits per heavy atom. The standard InChI is InChI=1S/C14H14N2O/c15-12-6-4-11(5-7-12)14(17)9-8-13-3-1-2-10-16-13/h1-7,10H,8-9,15H2. The molecule has 0 saturated carbocycles. The predicted octanol–water partition coefficient (Wildman–Crippen LogP) is 2.48. The van der Waals surface area contributed by atoms with Gasteiger partial charge in [0.1, 0.15) is 0 Å². The Hall–Kier alpha value is -2.16. The van der Waals surface area contributed by atoms with Crippen molar-refractivity contribution in [2.24, 2.45) is 0 Å². The fourth-order valence-electron chi connectivity index (χ4n) is 1.60. The molecule has 0 aliphatic heterocycles. The van der Waals surface area contributed by atoms with Crippen LogP contribution in [0.3, 0.4) is 0 Å². The predicted molar refractivity (Wildman–Crippen MR) is 67.7 cm³/mol. The van der Waals surface area contributed by atoms with Crippen molar-refractivity contribution in [3.8, 4) is 0 Å². The van der Waals surface area contributed by atoms with Gasteiger partial charge in [-0.25, -0.2) is 0 Å². The Kier molecular flexibility index (Phi) is 3.50. The summed E-state index contributed by atoms with van der Waals surface area (Å²) in [6.07, 6.45) is 2.88. The van der Waals surface area contributed by atoms with Gasteiger partial charge in [-0.1, -0.05) is 6.07 Å². The van der Waals surface area contributed by atoms with Crippen LogP contribution in [-0.2, 0) is 6.42 Å². The molecule has 2 aromatic rings. The number of pyridine rings is 1. The molecular weight excluding hydrogens is 212 g/mol. The van der Waals surface area contributed by atoms with Crippen LogP contribution in [0.25, 0.3) is 0 Å². The molecule has 3 heteroatoms. The van der Waals surface area contributed by atoms with E-state index in [1.54, 1.807) is 30.5 Å². The summed E-state index contributed by atoms with van der Waals surface area (Å²) in [7, 11) is 0. The number of rotatable bonds is 4. The van der Waals surface area contributed by atoms with Gasteiger partial charge in [0, 0.05) is 29.6 Å². The van der Waals surface area contributed by atoms with Crippen LogP contribution in [0, 0.1) is 0 Å². The molecule has 0 bridgehead atoms. The molecule has 0 saturated heterocycles. The summed E-state index contributed by atoms with van der Waals surface area (Å²) < 4.78 is 0. The zero-order valence-electron chi connectivity index (χ0n) is 9.47. The first-order valence-corrected chi connectivity index (χ1v) is 5.54. The largest absolute Gasteiger partial charge is 0.399 e. The summed E-state index contributed by atoms with van der Waals surface area (Å²) in [5.41, 5.74) is 7.89. The molecule has 2 rings (SSSR count). The van der Waals surface area contributed by atoms with E-state index in [0.29, 0.717) is 24.1 Å². The number of ketones is 1. The fourth-order valence-corrected chi connectivity index (χ4v) is 1.60. The first-order valence-electron chi connectivity index (χ1n) is 5.54. The van der Waals surface area contributed by atoms with Gasteiger partial charge < -0.3 is 5.73 Å². The van der Waals surface area contributed by atoms with E-state index < -0.39 is 0 Å². The Balaban J connectivity index is 1.96. The molecule has 86 valence electrons. The highest BCUT2D eigenvalue weighted by atomic mass is 16.1. The van der Waals surface area contributed by atoms with E-state index in [1.165, 1.54) is 0 Å². The quantitative estimate of drug-likeness (QED) is 0.643. The molecule has 2 N–H and O–H groups in total. The summed E-state index contributed by atoms with van der Waals surface area (Å²) in [5.74, 6) is 0.121. The molecule has 0 aliphatic rings. The maximum Gasteiger partial charge on any atom is 0.163 e. The van der Waals surface area contributed by atoms with Crippen LogP contribution in [0.1, 0.15) is 22.5 Å². The number of aromatic nitrogens is 1. The number of nitrogens with zero attached hydrogens (tertiary/aromatic N) is 1. The van der Waals surface area contributed by atoms with Crippen molar-refractivity contribution in [1.29, 1.82) is 0 Å². The monoisotopic (exact) mass is 226 g/mol. The number of nitrogen functional groups attached to an aromatic ring is 1. The molecule has 0 radical (unpaired) electrons. The van der Waals surface area contributed by atoms with Crippen LogP contribution in [-0.4, -0.2) is 10.8 Å². The molecule has 1 heterocycles. The zero-order valence-corrected chi connectivity index (χ0v) is 9.47. The van der Waals surface area contributed by atoms with Crippen molar-refractivity contribution in [2.75, 3.05) is 5.73 Å². The third-order valence-corrected chi connectivity index (χ3v) is 2.57. The van der Waals surface area contributed by atoms with Crippen molar-refractivity contribution >= 4 is 11.5 Å². The molecule has 17 heavy (non-hydrogen) atoms. The number of hydrogen-bond donors (Lipinski definition) is 1. The lowest BCUT2D eigenvalue weighted by Gasteiger charge is -2.01. The van der Waals surface area contributed by atoms with Gasteiger partial charge in [0.05, 0.1) is 0 Å². The highest BCUT2D eigenvalue weighted by molar-refractivity contribution is 5.96. The minimum absolute atomic E-state index is 0.121. The lowest BCUT2D eigenvalue weighted by Crippen LogP contribution is -2.02. The van der Waals surface area contributed by atoms with Crippen molar-refractivity contribution in [3.63, 3.8) is 0 Å². The summed E-state index contributed by atoms with van der Waals surface area (Å²) in [4.78, 5) is 16.0. The number of aryl methyl sites for hydroxylation is 1. The first-order chi connectivity index (χ1) is 8.25. The maximum atomic E-state index is 11.9. The topological polar surface area (TPSA) is 56.0 Å². The van der Waals surface area contributed by atoms with Gasteiger partial charge in [0.2, 0.25) is 0 Å². The SMILES string of the molecule is Nc1ccc(C(=O)CCc2ccccn2)cc1. The Bertz CT molecular complexity index is 491. The van der Waals surface area contributed by atoms with Gasteiger partial charge in [0.25, 0.3) is 0 Å². The van der Waals surface area contributed by atoms with E-state index >= 15 is 0 Å². The molecule has 1 aromatic carbocycles. The Morgan fingerprint density at radius 2 is 1.88 bits per heavy atom. The first kappa shape index (κ1) is 11.3. The van der Waals surface area contributed by atoms with E-state index in [2.05, 4.69) is 4.98 Å². The number of nitrogens with two attached hydrogens (primary N) is 1. The molecule has 1 aromatic heterocycles. The second-order valence-electron chi connectivity index (χ2n) is 3.87. The molecular formula is C14H14N2O. The summed E-state index contributed by atoms with van der Waals surface area (Å²) in [5, 5.41) is 0. The maximum absolute atomic E-state index is 11.9. The van der Waals surface area contributed by atoms with Crippen LogP contribution < -0.4 is 5.73 Å². The van der Waals surface area contributed by atoms with E-state index in [-0.39, 0.29) is 5.78 Å². The smallest absolute Gasteiger partial charge is 0.163 e. The van der Waals surface area contributed by atoms with Crippen LogP contribution in [0.4, 0.5) is 5.69 Å².